The molecule has 1 rings (SSSR count). The lowest BCUT2D eigenvalue weighted by Gasteiger charge is -2.39. The fourth-order valence-corrected chi connectivity index (χ4v) is 3.13. The van der Waals surface area contributed by atoms with Gasteiger partial charge in [0.2, 0.25) is 0 Å². The summed E-state index contributed by atoms with van der Waals surface area (Å²) in [6.07, 6.45) is 5.69. The van der Waals surface area contributed by atoms with Crippen LogP contribution < -0.4 is 0 Å². The molecule has 0 bridgehead atoms. The minimum absolute atomic E-state index is 0.103. The molecule has 4 heteroatoms. The third-order valence-electron chi connectivity index (χ3n) is 5.12. The first kappa shape index (κ1) is 19.9. The largest absolute Gasteiger partial charge is 0.396 e. The van der Waals surface area contributed by atoms with E-state index in [9.17, 15) is 10.2 Å². The Hall–Kier alpha value is -0.160. The van der Waals surface area contributed by atoms with Crippen molar-refractivity contribution in [3.05, 3.63) is 0 Å². The van der Waals surface area contributed by atoms with Crippen LogP contribution in [0.1, 0.15) is 59.8 Å². The molecule has 132 valence electrons. The maximum absolute atomic E-state index is 9.67. The first-order valence-electron chi connectivity index (χ1n) is 8.95. The molecule has 4 nitrogen and oxygen atoms in total. The van der Waals surface area contributed by atoms with Crippen LogP contribution in [0, 0.1) is 17.3 Å². The lowest BCUT2D eigenvalue weighted by Crippen LogP contribution is -2.46. The second kappa shape index (κ2) is 9.86. The van der Waals surface area contributed by atoms with E-state index in [0.29, 0.717) is 25.0 Å². The first-order chi connectivity index (χ1) is 10.5. The Morgan fingerprint density at radius 1 is 1.09 bits per heavy atom. The first-order valence-corrected chi connectivity index (χ1v) is 8.95. The Kier molecular flexibility index (Phi) is 8.91. The normalized spacial score (nSPS) is 28.6. The summed E-state index contributed by atoms with van der Waals surface area (Å²) in [4.78, 5) is 0. The van der Waals surface area contributed by atoms with Crippen LogP contribution in [0.3, 0.4) is 0 Å². The monoisotopic (exact) mass is 316 g/mol. The van der Waals surface area contributed by atoms with Gasteiger partial charge >= 0.3 is 0 Å². The third-order valence-corrected chi connectivity index (χ3v) is 5.12. The smallest absolute Gasteiger partial charge is 0.0632 e. The van der Waals surface area contributed by atoms with Crippen LogP contribution in [0.5, 0.6) is 0 Å². The van der Waals surface area contributed by atoms with Crippen molar-refractivity contribution in [3.8, 4) is 0 Å². The van der Waals surface area contributed by atoms with Crippen molar-refractivity contribution in [1.29, 1.82) is 0 Å². The van der Waals surface area contributed by atoms with Gasteiger partial charge in [-0.1, -0.05) is 47.0 Å². The van der Waals surface area contributed by atoms with Crippen LogP contribution in [0.4, 0.5) is 0 Å². The Bertz CT molecular complexity index is 291. The van der Waals surface area contributed by atoms with E-state index >= 15 is 0 Å². The maximum atomic E-state index is 9.67. The number of hydrogen-bond donors (Lipinski definition) is 2. The average Bonchev–Trinajstić information content (AvgIpc) is 2.51. The van der Waals surface area contributed by atoms with Crippen LogP contribution >= 0.6 is 0 Å². The van der Waals surface area contributed by atoms with Crippen molar-refractivity contribution in [1.82, 2.24) is 0 Å². The lowest BCUT2D eigenvalue weighted by atomic mass is 9.88. The van der Waals surface area contributed by atoms with Gasteiger partial charge in [0.25, 0.3) is 0 Å². The second-order valence-electron chi connectivity index (χ2n) is 7.35. The number of aliphatic hydroxyl groups is 2. The molecule has 0 amide bonds. The number of ether oxygens (including phenoxy) is 2. The fraction of sp³-hybridized carbons (Fsp3) is 1.00. The van der Waals surface area contributed by atoms with E-state index < -0.39 is 5.41 Å². The Labute approximate surface area is 136 Å². The molecule has 0 aromatic carbocycles. The summed E-state index contributed by atoms with van der Waals surface area (Å²) < 4.78 is 12.2. The van der Waals surface area contributed by atoms with Gasteiger partial charge in [-0.25, -0.2) is 0 Å². The van der Waals surface area contributed by atoms with Gasteiger partial charge < -0.3 is 19.7 Å². The molecule has 0 radical (unpaired) electrons. The van der Waals surface area contributed by atoms with Crippen molar-refractivity contribution in [2.24, 2.45) is 17.3 Å². The summed E-state index contributed by atoms with van der Waals surface area (Å²) in [7, 11) is 0. The Morgan fingerprint density at radius 3 is 2.27 bits per heavy atom. The van der Waals surface area contributed by atoms with E-state index in [2.05, 4.69) is 27.7 Å². The van der Waals surface area contributed by atoms with Crippen molar-refractivity contribution >= 4 is 0 Å². The average molecular weight is 316 g/mol. The third kappa shape index (κ3) is 5.80. The zero-order valence-electron chi connectivity index (χ0n) is 14.9. The van der Waals surface area contributed by atoms with E-state index in [0.717, 1.165) is 19.3 Å². The van der Waals surface area contributed by atoms with Crippen LogP contribution in [-0.2, 0) is 9.47 Å². The quantitative estimate of drug-likeness (QED) is 0.723. The maximum Gasteiger partial charge on any atom is 0.0632 e. The van der Waals surface area contributed by atoms with Gasteiger partial charge in [0.05, 0.1) is 44.1 Å². The SMILES string of the molecule is CCCC(C)CC1CC(C(C)CC)OCC(CO)(CO)CO1. The fourth-order valence-electron chi connectivity index (χ4n) is 3.13. The Morgan fingerprint density at radius 2 is 1.73 bits per heavy atom. The van der Waals surface area contributed by atoms with E-state index in [1.165, 1.54) is 12.8 Å². The van der Waals surface area contributed by atoms with Crippen molar-refractivity contribution in [3.63, 3.8) is 0 Å². The minimum atomic E-state index is -0.668. The molecule has 0 spiro atoms. The molecule has 1 heterocycles. The molecule has 4 atom stereocenters. The molecule has 0 aliphatic carbocycles. The predicted molar refractivity (Wildman–Crippen MR) is 88.8 cm³/mol. The molecule has 0 aromatic rings. The topological polar surface area (TPSA) is 58.9 Å². The molecule has 4 unspecified atom stereocenters. The van der Waals surface area contributed by atoms with Crippen LogP contribution in [0.25, 0.3) is 0 Å². The summed E-state index contributed by atoms with van der Waals surface area (Å²) in [6.45, 7) is 9.40. The molecular weight excluding hydrogens is 280 g/mol. The van der Waals surface area contributed by atoms with E-state index in [4.69, 9.17) is 9.47 Å². The van der Waals surface area contributed by atoms with Gasteiger partial charge in [0.15, 0.2) is 0 Å². The van der Waals surface area contributed by atoms with Gasteiger partial charge in [0, 0.05) is 6.42 Å². The minimum Gasteiger partial charge on any atom is -0.396 e. The zero-order valence-corrected chi connectivity index (χ0v) is 14.9. The summed E-state index contributed by atoms with van der Waals surface area (Å²) in [5.41, 5.74) is -0.668. The van der Waals surface area contributed by atoms with Gasteiger partial charge in [-0.2, -0.15) is 0 Å². The molecule has 1 aliphatic heterocycles. The van der Waals surface area contributed by atoms with E-state index in [1.54, 1.807) is 0 Å². The van der Waals surface area contributed by atoms with Gasteiger partial charge in [-0.15, -0.1) is 0 Å². The van der Waals surface area contributed by atoms with Gasteiger partial charge in [-0.3, -0.25) is 0 Å². The van der Waals surface area contributed by atoms with Crippen molar-refractivity contribution in [2.45, 2.75) is 72.0 Å². The van der Waals surface area contributed by atoms with Crippen LogP contribution in [0.15, 0.2) is 0 Å². The van der Waals surface area contributed by atoms with Crippen molar-refractivity contribution < 1.29 is 19.7 Å². The van der Waals surface area contributed by atoms with E-state index in [-0.39, 0.29) is 25.4 Å². The predicted octanol–water partition coefficient (Wildman–Crippen LogP) is 3.00. The lowest BCUT2D eigenvalue weighted by molar-refractivity contribution is -0.156. The molecule has 2 N–H and O–H groups in total. The van der Waals surface area contributed by atoms with E-state index in [1.807, 2.05) is 0 Å². The standard InChI is InChI=1S/C18H36O4/c1-5-7-14(3)8-16-9-17(15(4)6-2)22-13-18(10-19,11-20)12-21-16/h14-17,19-20H,5-13H2,1-4H3. The highest BCUT2D eigenvalue weighted by Crippen LogP contribution is 2.30. The van der Waals surface area contributed by atoms with Gasteiger partial charge in [0.1, 0.15) is 0 Å². The van der Waals surface area contributed by atoms with Crippen molar-refractivity contribution in [2.75, 3.05) is 26.4 Å². The molecule has 1 fully saturated rings. The second-order valence-corrected chi connectivity index (χ2v) is 7.35. The molecule has 0 aromatic heterocycles. The number of hydrogen-bond acceptors (Lipinski definition) is 4. The van der Waals surface area contributed by atoms with Crippen LogP contribution in [0.2, 0.25) is 0 Å². The Balaban J connectivity index is 2.78. The zero-order chi connectivity index (χ0) is 16.6. The molecule has 22 heavy (non-hydrogen) atoms. The molecule has 0 saturated carbocycles. The van der Waals surface area contributed by atoms with Crippen LogP contribution in [-0.4, -0.2) is 48.8 Å². The van der Waals surface area contributed by atoms with Gasteiger partial charge in [-0.05, 0) is 18.3 Å². The highest BCUT2D eigenvalue weighted by Gasteiger charge is 2.36. The highest BCUT2D eigenvalue weighted by atomic mass is 16.5. The molecule has 1 aliphatic rings. The molecular formula is C18H36O4. The highest BCUT2D eigenvalue weighted by molar-refractivity contribution is 4.83. The number of rotatable bonds is 8. The summed E-state index contributed by atoms with van der Waals surface area (Å²) in [5, 5.41) is 19.3. The number of aliphatic hydroxyl groups excluding tert-OH is 2. The summed E-state index contributed by atoms with van der Waals surface area (Å²) in [6, 6.07) is 0. The molecule has 1 saturated heterocycles. The summed E-state index contributed by atoms with van der Waals surface area (Å²) >= 11 is 0. The summed E-state index contributed by atoms with van der Waals surface area (Å²) in [5.74, 6) is 1.09.